The molecule has 0 saturated carbocycles. The van der Waals surface area contributed by atoms with E-state index in [2.05, 4.69) is 22.6 Å². The van der Waals surface area contributed by atoms with E-state index in [1.54, 1.807) is 6.20 Å². The molecule has 8 nitrogen and oxygen atoms in total. The fourth-order valence-corrected chi connectivity index (χ4v) is 3.54. The standard InChI is InChI=1S/C12H21N5O3S/c1-3-4-10-7-17(21(2,19)20)8-11(10)14-12(18)9-16-6-5-13-15-16/h5-6,10-11H,3-4,7-9H2,1-2H3,(H,14,18)/t10-,11-/m0/s1. The van der Waals surface area contributed by atoms with Crippen molar-refractivity contribution in [3.8, 4) is 0 Å². The van der Waals surface area contributed by atoms with Gasteiger partial charge in [-0.2, -0.15) is 4.31 Å². The molecule has 1 saturated heterocycles. The lowest BCUT2D eigenvalue weighted by Crippen LogP contribution is -2.42. The fourth-order valence-electron chi connectivity index (χ4n) is 2.65. The lowest BCUT2D eigenvalue weighted by atomic mass is 9.98. The van der Waals surface area contributed by atoms with Crippen LogP contribution in [0.15, 0.2) is 12.4 Å². The van der Waals surface area contributed by atoms with Crippen LogP contribution in [0, 0.1) is 5.92 Å². The quantitative estimate of drug-likeness (QED) is 0.760. The van der Waals surface area contributed by atoms with Crippen molar-refractivity contribution in [2.24, 2.45) is 5.92 Å². The van der Waals surface area contributed by atoms with Gasteiger partial charge in [-0.1, -0.05) is 18.6 Å². The second kappa shape index (κ2) is 6.52. The molecule has 1 aromatic heterocycles. The number of nitrogens with zero attached hydrogens (tertiary/aromatic N) is 4. The number of hydrogen-bond acceptors (Lipinski definition) is 5. The number of rotatable bonds is 6. The first-order chi connectivity index (χ1) is 9.90. The average molecular weight is 315 g/mol. The number of carbonyl (C=O) groups excluding carboxylic acids is 1. The first-order valence-electron chi connectivity index (χ1n) is 6.98. The van der Waals surface area contributed by atoms with E-state index in [1.807, 2.05) is 0 Å². The van der Waals surface area contributed by atoms with Crippen molar-refractivity contribution in [2.75, 3.05) is 19.3 Å². The number of amides is 1. The molecule has 1 aromatic rings. The first kappa shape index (κ1) is 15.9. The monoisotopic (exact) mass is 315 g/mol. The highest BCUT2D eigenvalue weighted by Crippen LogP contribution is 2.23. The largest absolute Gasteiger partial charge is 0.350 e. The molecule has 0 aromatic carbocycles. The van der Waals surface area contributed by atoms with Gasteiger partial charge in [0, 0.05) is 25.3 Å². The van der Waals surface area contributed by atoms with Crippen molar-refractivity contribution in [1.29, 1.82) is 0 Å². The third-order valence-corrected chi connectivity index (χ3v) is 4.90. The van der Waals surface area contributed by atoms with Crippen molar-refractivity contribution in [2.45, 2.75) is 32.4 Å². The molecule has 1 aliphatic heterocycles. The van der Waals surface area contributed by atoms with Gasteiger partial charge < -0.3 is 5.32 Å². The molecule has 0 spiro atoms. The lowest BCUT2D eigenvalue weighted by molar-refractivity contribution is -0.122. The molecular weight excluding hydrogens is 294 g/mol. The Balaban J connectivity index is 1.97. The Hall–Kier alpha value is -1.48. The zero-order valence-corrected chi connectivity index (χ0v) is 13.1. The number of aromatic nitrogens is 3. The average Bonchev–Trinajstić information content (AvgIpc) is 2.99. The second-order valence-electron chi connectivity index (χ2n) is 5.40. The molecule has 9 heteroatoms. The summed E-state index contributed by atoms with van der Waals surface area (Å²) in [6.07, 6.45) is 6.17. The van der Waals surface area contributed by atoms with Crippen LogP contribution in [0.2, 0.25) is 0 Å². The van der Waals surface area contributed by atoms with Gasteiger partial charge in [0.05, 0.1) is 12.5 Å². The SMILES string of the molecule is CCC[C@H]1CN(S(C)(=O)=O)C[C@@H]1NC(=O)Cn1ccnn1. The molecule has 21 heavy (non-hydrogen) atoms. The molecule has 1 amide bonds. The maximum atomic E-state index is 12.0. The summed E-state index contributed by atoms with van der Waals surface area (Å²) < 4.78 is 26.2. The summed E-state index contributed by atoms with van der Waals surface area (Å²) >= 11 is 0. The van der Waals surface area contributed by atoms with Gasteiger partial charge in [-0.25, -0.2) is 13.1 Å². The van der Waals surface area contributed by atoms with Crippen molar-refractivity contribution in [3.63, 3.8) is 0 Å². The molecule has 0 radical (unpaired) electrons. The van der Waals surface area contributed by atoms with Crippen molar-refractivity contribution in [1.82, 2.24) is 24.6 Å². The summed E-state index contributed by atoms with van der Waals surface area (Å²) in [4.78, 5) is 12.0. The van der Waals surface area contributed by atoms with Crippen LogP contribution in [0.3, 0.4) is 0 Å². The van der Waals surface area contributed by atoms with Gasteiger partial charge in [0.1, 0.15) is 6.54 Å². The summed E-state index contributed by atoms with van der Waals surface area (Å²) in [5.41, 5.74) is 0. The molecule has 0 unspecified atom stereocenters. The molecule has 1 fully saturated rings. The minimum atomic E-state index is -3.22. The van der Waals surface area contributed by atoms with E-state index in [4.69, 9.17) is 0 Å². The molecule has 2 rings (SSSR count). The molecular formula is C12H21N5O3S. The van der Waals surface area contributed by atoms with E-state index in [1.165, 1.54) is 21.4 Å². The Kier molecular flexibility index (Phi) is 4.94. The summed E-state index contributed by atoms with van der Waals surface area (Å²) in [6.45, 7) is 2.96. The van der Waals surface area contributed by atoms with Crippen LogP contribution in [-0.2, 0) is 21.4 Å². The van der Waals surface area contributed by atoms with Gasteiger partial charge in [-0.15, -0.1) is 5.10 Å². The molecule has 2 heterocycles. The normalized spacial score (nSPS) is 23.3. The summed E-state index contributed by atoms with van der Waals surface area (Å²) in [5.74, 6) is -0.0219. The van der Waals surface area contributed by atoms with E-state index in [0.717, 1.165) is 12.8 Å². The van der Waals surface area contributed by atoms with Crippen LogP contribution >= 0.6 is 0 Å². The zero-order chi connectivity index (χ0) is 15.5. The van der Waals surface area contributed by atoms with E-state index in [9.17, 15) is 13.2 Å². The Bertz CT molecular complexity index is 572. The summed E-state index contributed by atoms with van der Waals surface area (Å²) in [7, 11) is -3.22. The minimum Gasteiger partial charge on any atom is -0.350 e. The Labute approximate surface area is 124 Å². The van der Waals surface area contributed by atoms with Crippen LogP contribution < -0.4 is 5.32 Å². The summed E-state index contributed by atoms with van der Waals surface area (Å²) in [6, 6.07) is -0.143. The van der Waals surface area contributed by atoms with Gasteiger partial charge in [-0.05, 0) is 12.3 Å². The van der Waals surface area contributed by atoms with E-state index < -0.39 is 10.0 Å². The molecule has 1 aliphatic rings. The number of sulfonamides is 1. The molecule has 1 N–H and O–H groups in total. The maximum Gasteiger partial charge on any atom is 0.242 e. The summed E-state index contributed by atoms with van der Waals surface area (Å²) in [5, 5.41) is 10.3. The smallest absolute Gasteiger partial charge is 0.242 e. The van der Waals surface area contributed by atoms with Crippen molar-refractivity contribution < 1.29 is 13.2 Å². The van der Waals surface area contributed by atoms with Crippen LogP contribution in [0.25, 0.3) is 0 Å². The lowest BCUT2D eigenvalue weighted by Gasteiger charge is -2.19. The van der Waals surface area contributed by atoms with Crippen molar-refractivity contribution in [3.05, 3.63) is 12.4 Å². The molecule has 0 bridgehead atoms. The van der Waals surface area contributed by atoms with E-state index in [0.29, 0.717) is 13.1 Å². The number of carbonyl (C=O) groups is 1. The highest BCUT2D eigenvalue weighted by Gasteiger charge is 2.37. The second-order valence-corrected chi connectivity index (χ2v) is 7.39. The Morgan fingerprint density at radius 2 is 2.19 bits per heavy atom. The Morgan fingerprint density at radius 3 is 2.76 bits per heavy atom. The van der Waals surface area contributed by atoms with Crippen LogP contribution in [0.4, 0.5) is 0 Å². The highest BCUT2D eigenvalue weighted by atomic mass is 32.2. The number of nitrogens with one attached hydrogen (secondary N) is 1. The topological polar surface area (TPSA) is 97.2 Å². The predicted molar refractivity (Wildman–Crippen MR) is 76.8 cm³/mol. The van der Waals surface area contributed by atoms with Crippen LogP contribution in [0.1, 0.15) is 19.8 Å². The van der Waals surface area contributed by atoms with Gasteiger partial charge in [0.25, 0.3) is 0 Å². The molecule has 0 aliphatic carbocycles. The fraction of sp³-hybridized carbons (Fsp3) is 0.750. The number of hydrogen-bond donors (Lipinski definition) is 1. The highest BCUT2D eigenvalue weighted by molar-refractivity contribution is 7.88. The van der Waals surface area contributed by atoms with Gasteiger partial charge in [-0.3, -0.25) is 4.79 Å². The third kappa shape index (κ3) is 4.24. The Morgan fingerprint density at radius 1 is 1.43 bits per heavy atom. The maximum absolute atomic E-state index is 12.0. The predicted octanol–water partition coefficient (Wildman–Crippen LogP) is -0.546. The van der Waals surface area contributed by atoms with Gasteiger partial charge in [0.2, 0.25) is 15.9 Å². The van der Waals surface area contributed by atoms with Gasteiger partial charge >= 0.3 is 0 Å². The van der Waals surface area contributed by atoms with Crippen LogP contribution in [-0.4, -0.2) is 59.0 Å². The molecule has 2 atom stereocenters. The van der Waals surface area contributed by atoms with Gasteiger partial charge in [0.15, 0.2) is 0 Å². The van der Waals surface area contributed by atoms with Crippen molar-refractivity contribution >= 4 is 15.9 Å². The van der Waals surface area contributed by atoms with E-state index in [-0.39, 0.29) is 24.4 Å². The molecule has 118 valence electrons. The first-order valence-corrected chi connectivity index (χ1v) is 8.83. The third-order valence-electron chi connectivity index (χ3n) is 3.66. The van der Waals surface area contributed by atoms with Crippen LogP contribution in [0.5, 0.6) is 0 Å². The van der Waals surface area contributed by atoms with E-state index >= 15 is 0 Å². The zero-order valence-electron chi connectivity index (χ0n) is 12.3. The minimum absolute atomic E-state index is 0.0915.